The predicted octanol–water partition coefficient (Wildman–Crippen LogP) is 1.91. The van der Waals surface area contributed by atoms with Gasteiger partial charge in [0.05, 0.1) is 6.07 Å². The molecule has 0 aliphatic heterocycles. The summed E-state index contributed by atoms with van der Waals surface area (Å²) in [4.78, 5) is 25.1. The zero-order chi connectivity index (χ0) is 16.5. The molecule has 21 heavy (non-hydrogen) atoms. The highest BCUT2D eigenvalue weighted by Gasteiger charge is 2.28. The van der Waals surface area contributed by atoms with Crippen LogP contribution in [0.25, 0.3) is 0 Å². The molecule has 0 rings (SSSR count). The van der Waals surface area contributed by atoms with Crippen molar-refractivity contribution in [2.45, 2.75) is 50.6 Å². The maximum absolute atomic E-state index is 10.7. The first-order valence-electron chi connectivity index (χ1n) is 6.38. The first kappa shape index (κ1) is 18.7. The Morgan fingerprint density at radius 2 is 1.67 bits per heavy atom. The van der Waals surface area contributed by atoms with E-state index in [0.29, 0.717) is 0 Å². The molecular weight excluding hydrogens is 276 g/mol. The predicted molar refractivity (Wildman–Crippen MR) is 75.4 cm³/mol. The van der Waals surface area contributed by atoms with Gasteiger partial charge in [0.1, 0.15) is 5.54 Å². The van der Waals surface area contributed by atoms with Gasteiger partial charge in [-0.25, -0.2) is 0 Å². The molecule has 0 amide bonds. The minimum atomic E-state index is -1.26. The Morgan fingerprint density at radius 1 is 1.14 bits per heavy atom. The van der Waals surface area contributed by atoms with E-state index in [0.717, 1.165) is 0 Å². The van der Waals surface area contributed by atoms with E-state index in [4.69, 9.17) is 15.5 Å². The highest BCUT2D eigenvalue weighted by atomic mass is 16.4. The van der Waals surface area contributed by atoms with Gasteiger partial charge in [-0.15, -0.1) is 0 Å². The van der Waals surface area contributed by atoms with Gasteiger partial charge >= 0.3 is 11.9 Å². The Morgan fingerprint density at radius 3 is 2.10 bits per heavy atom. The SMILES string of the molecule is CN=CC(C)(CCC(=O)O)N=NC(C)(C#N)CCC(=O)O. The van der Waals surface area contributed by atoms with E-state index in [9.17, 15) is 9.59 Å². The van der Waals surface area contributed by atoms with E-state index in [-0.39, 0.29) is 25.7 Å². The van der Waals surface area contributed by atoms with E-state index in [1.807, 2.05) is 6.07 Å². The number of carboxylic acid groups (broad SMARTS) is 2. The summed E-state index contributed by atoms with van der Waals surface area (Å²) in [5.41, 5.74) is -2.20. The summed E-state index contributed by atoms with van der Waals surface area (Å²) >= 11 is 0. The Hall–Kier alpha value is -2.30. The molecule has 0 radical (unpaired) electrons. The fourth-order valence-corrected chi connectivity index (χ4v) is 1.48. The number of carbonyl (C=O) groups is 2. The van der Waals surface area contributed by atoms with Crippen molar-refractivity contribution in [2.24, 2.45) is 15.2 Å². The molecule has 116 valence electrons. The van der Waals surface area contributed by atoms with Gasteiger partial charge in [-0.3, -0.25) is 14.6 Å². The first-order valence-corrected chi connectivity index (χ1v) is 6.38. The smallest absolute Gasteiger partial charge is 0.303 e. The number of azo groups is 1. The summed E-state index contributed by atoms with van der Waals surface area (Å²) in [5.74, 6) is -1.98. The maximum atomic E-state index is 10.7. The number of hydrogen-bond donors (Lipinski definition) is 2. The fourth-order valence-electron chi connectivity index (χ4n) is 1.48. The maximum Gasteiger partial charge on any atom is 0.303 e. The van der Waals surface area contributed by atoms with Crippen LogP contribution >= 0.6 is 0 Å². The Balaban J connectivity index is 5.07. The second-order valence-corrected chi connectivity index (χ2v) is 5.12. The molecule has 0 saturated heterocycles. The van der Waals surface area contributed by atoms with E-state index < -0.39 is 23.0 Å². The molecule has 0 bridgehead atoms. The molecule has 2 atom stereocenters. The third-order valence-electron chi connectivity index (χ3n) is 2.82. The molecule has 0 saturated carbocycles. The van der Waals surface area contributed by atoms with Crippen LogP contribution in [0.3, 0.4) is 0 Å². The van der Waals surface area contributed by atoms with Gasteiger partial charge in [-0.2, -0.15) is 15.5 Å². The minimum Gasteiger partial charge on any atom is -0.481 e. The highest BCUT2D eigenvalue weighted by molar-refractivity contribution is 5.72. The molecule has 0 aromatic rings. The third kappa shape index (κ3) is 7.77. The molecule has 2 N–H and O–H groups in total. The van der Waals surface area contributed by atoms with Crippen molar-refractivity contribution in [3.05, 3.63) is 0 Å². The van der Waals surface area contributed by atoms with Crippen molar-refractivity contribution in [1.82, 2.24) is 0 Å². The van der Waals surface area contributed by atoms with Crippen LogP contribution in [0.1, 0.15) is 39.5 Å². The number of carboxylic acids is 2. The van der Waals surface area contributed by atoms with E-state index in [2.05, 4.69) is 15.2 Å². The third-order valence-corrected chi connectivity index (χ3v) is 2.82. The zero-order valence-corrected chi connectivity index (χ0v) is 12.4. The van der Waals surface area contributed by atoms with Gasteiger partial charge in [0.15, 0.2) is 5.54 Å². The van der Waals surface area contributed by atoms with Gasteiger partial charge in [0, 0.05) is 26.1 Å². The standard InChI is InChI=1S/C13H20N4O4/c1-12(8-14,6-4-10(18)19)16-17-13(2,9-15-3)7-5-11(20)21/h9H,4-7H2,1-3H3,(H,18,19)(H,20,21). The number of nitrogens with zero attached hydrogens (tertiary/aromatic N) is 4. The van der Waals surface area contributed by atoms with Gasteiger partial charge in [0.25, 0.3) is 0 Å². The van der Waals surface area contributed by atoms with Crippen molar-refractivity contribution in [1.29, 1.82) is 5.26 Å². The van der Waals surface area contributed by atoms with Crippen LogP contribution in [0.2, 0.25) is 0 Å². The monoisotopic (exact) mass is 296 g/mol. The lowest BCUT2D eigenvalue weighted by Gasteiger charge is -2.21. The summed E-state index contributed by atoms with van der Waals surface area (Å²) in [6.07, 6.45) is 1.37. The largest absolute Gasteiger partial charge is 0.481 e. The molecule has 0 heterocycles. The summed E-state index contributed by atoms with van der Waals surface area (Å²) in [6, 6.07) is 1.93. The van der Waals surface area contributed by atoms with E-state index in [1.54, 1.807) is 6.92 Å². The normalized spacial score (nSPS) is 17.2. The van der Waals surface area contributed by atoms with Crippen LogP contribution in [0.5, 0.6) is 0 Å². The lowest BCUT2D eigenvalue weighted by atomic mass is 9.97. The number of nitriles is 1. The number of aliphatic imine (C=N–C) groups is 1. The van der Waals surface area contributed by atoms with Gasteiger partial charge in [-0.05, 0) is 26.7 Å². The van der Waals surface area contributed by atoms with Gasteiger partial charge < -0.3 is 10.2 Å². The van der Waals surface area contributed by atoms with E-state index >= 15 is 0 Å². The Bertz CT molecular complexity index is 483. The Labute approximate surface area is 123 Å². The average molecular weight is 296 g/mol. The van der Waals surface area contributed by atoms with Crippen LogP contribution in [0.4, 0.5) is 0 Å². The van der Waals surface area contributed by atoms with Crippen molar-refractivity contribution >= 4 is 18.2 Å². The second-order valence-electron chi connectivity index (χ2n) is 5.12. The van der Waals surface area contributed by atoms with E-state index in [1.165, 1.54) is 20.2 Å². The molecule has 0 spiro atoms. The van der Waals surface area contributed by atoms with Crippen LogP contribution in [-0.2, 0) is 9.59 Å². The van der Waals surface area contributed by atoms with Crippen molar-refractivity contribution in [3.63, 3.8) is 0 Å². The van der Waals surface area contributed by atoms with Gasteiger partial charge in [-0.1, -0.05) is 0 Å². The quantitative estimate of drug-likeness (QED) is 0.494. The van der Waals surface area contributed by atoms with Crippen molar-refractivity contribution in [3.8, 4) is 6.07 Å². The molecule has 8 heteroatoms. The summed E-state index contributed by atoms with van der Waals surface area (Å²) in [5, 5.41) is 34.5. The fraction of sp³-hybridized carbons (Fsp3) is 0.692. The summed E-state index contributed by atoms with van der Waals surface area (Å²) in [6.45, 7) is 3.14. The Kier molecular flexibility index (Phi) is 7.21. The molecule has 0 aliphatic carbocycles. The van der Waals surface area contributed by atoms with Crippen LogP contribution in [-0.4, -0.2) is 46.5 Å². The first-order chi connectivity index (χ1) is 9.66. The molecular formula is C13H20N4O4. The van der Waals surface area contributed by atoms with Crippen molar-refractivity contribution in [2.75, 3.05) is 7.05 Å². The molecule has 0 aliphatic rings. The highest BCUT2D eigenvalue weighted by Crippen LogP contribution is 2.22. The minimum absolute atomic E-state index is 0.0284. The molecule has 0 aromatic carbocycles. The topological polar surface area (TPSA) is 135 Å². The summed E-state index contributed by atoms with van der Waals surface area (Å²) in [7, 11) is 1.53. The average Bonchev–Trinajstić information content (AvgIpc) is 2.41. The molecule has 0 fully saturated rings. The molecule has 0 aromatic heterocycles. The zero-order valence-electron chi connectivity index (χ0n) is 12.4. The second kappa shape index (κ2) is 8.09. The number of aliphatic carboxylic acids is 2. The summed E-state index contributed by atoms with van der Waals surface area (Å²) < 4.78 is 0. The number of hydrogen-bond acceptors (Lipinski definition) is 6. The van der Waals surface area contributed by atoms with Crippen LogP contribution < -0.4 is 0 Å². The van der Waals surface area contributed by atoms with Gasteiger partial charge in [0.2, 0.25) is 0 Å². The van der Waals surface area contributed by atoms with Crippen molar-refractivity contribution < 1.29 is 19.8 Å². The lowest BCUT2D eigenvalue weighted by molar-refractivity contribution is -0.138. The molecule has 2 unspecified atom stereocenters. The molecule has 8 nitrogen and oxygen atoms in total. The van der Waals surface area contributed by atoms with Crippen LogP contribution in [0, 0.1) is 11.3 Å². The van der Waals surface area contributed by atoms with Crippen LogP contribution in [0.15, 0.2) is 15.2 Å². The number of rotatable bonds is 9. The lowest BCUT2D eigenvalue weighted by Crippen LogP contribution is -2.27.